The van der Waals surface area contributed by atoms with Crippen LogP contribution in [0.3, 0.4) is 0 Å². The molecule has 0 unspecified atom stereocenters. The fourth-order valence-corrected chi connectivity index (χ4v) is 5.34. The standard InChI is InChI=1S/C24H33N3O4/c1-23(2)13-16(14-24(3,4)26-23)25-21(28)17-12-15-8-9-18(30-5)20-19(15)27(22(17)29)10-6-7-11-31-20/h8-9,12,16,26H,6-7,10-11,13-14H2,1-5H3,(H,25,28). The molecule has 168 valence electrons. The van der Waals surface area contributed by atoms with Gasteiger partial charge >= 0.3 is 0 Å². The van der Waals surface area contributed by atoms with Crippen molar-refractivity contribution >= 4 is 16.8 Å². The van der Waals surface area contributed by atoms with Crippen LogP contribution >= 0.6 is 0 Å². The number of methoxy groups -OCH3 is 1. The van der Waals surface area contributed by atoms with Crippen molar-refractivity contribution in [1.82, 2.24) is 15.2 Å². The second-order valence-electron chi connectivity index (χ2n) is 10.1. The van der Waals surface area contributed by atoms with Crippen LogP contribution in [0.15, 0.2) is 23.0 Å². The first-order valence-corrected chi connectivity index (χ1v) is 11.1. The van der Waals surface area contributed by atoms with Crippen LogP contribution < -0.4 is 25.7 Å². The molecule has 1 amide bonds. The van der Waals surface area contributed by atoms with Crippen molar-refractivity contribution in [2.45, 2.75) is 77.0 Å². The zero-order chi connectivity index (χ0) is 22.4. The van der Waals surface area contributed by atoms with Crippen LogP contribution in [0, 0.1) is 0 Å². The highest BCUT2D eigenvalue weighted by Gasteiger charge is 2.38. The number of nitrogens with zero attached hydrogens (tertiary/aromatic N) is 1. The Labute approximate surface area is 183 Å². The Morgan fingerprint density at radius 3 is 2.58 bits per heavy atom. The summed E-state index contributed by atoms with van der Waals surface area (Å²) >= 11 is 0. The Balaban J connectivity index is 1.74. The Morgan fingerprint density at radius 2 is 1.90 bits per heavy atom. The third kappa shape index (κ3) is 4.28. The topological polar surface area (TPSA) is 81.6 Å². The van der Waals surface area contributed by atoms with E-state index in [0.717, 1.165) is 31.1 Å². The molecule has 7 heteroatoms. The fraction of sp³-hybridized carbons (Fsp3) is 0.583. The van der Waals surface area contributed by atoms with E-state index in [9.17, 15) is 9.59 Å². The molecule has 0 aliphatic carbocycles. The molecule has 1 saturated heterocycles. The Morgan fingerprint density at radius 1 is 1.19 bits per heavy atom. The number of aryl methyl sites for hydroxylation is 1. The summed E-state index contributed by atoms with van der Waals surface area (Å²) < 4.78 is 13.1. The van der Waals surface area contributed by atoms with Gasteiger partial charge in [-0.1, -0.05) is 0 Å². The third-order valence-electron chi connectivity index (χ3n) is 6.18. The largest absolute Gasteiger partial charge is 0.493 e. The lowest BCUT2D eigenvalue weighted by Crippen LogP contribution is -2.62. The molecule has 2 aromatic rings. The number of ether oxygens (including phenoxy) is 2. The molecule has 1 aromatic carbocycles. The number of piperidine rings is 1. The van der Waals surface area contributed by atoms with Crippen molar-refractivity contribution in [2.24, 2.45) is 0 Å². The number of aromatic nitrogens is 1. The average Bonchev–Trinajstić information content (AvgIpc) is 2.63. The van der Waals surface area contributed by atoms with Crippen LogP contribution in [-0.4, -0.2) is 41.3 Å². The third-order valence-corrected chi connectivity index (χ3v) is 6.18. The van der Waals surface area contributed by atoms with E-state index in [-0.39, 0.29) is 34.1 Å². The van der Waals surface area contributed by atoms with Gasteiger partial charge in [0.15, 0.2) is 11.5 Å². The molecule has 2 aliphatic heterocycles. The second-order valence-corrected chi connectivity index (χ2v) is 10.1. The Bertz CT molecular complexity index is 1050. The highest BCUT2D eigenvalue weighted by molar-refractivity contribution is 5.99. The van der Waals surface area contributed by atoms with Gasteiger partial charge in [0.2, 0.25) is 0 Å². The number of hydrogen-bond acceptors (Lipinski definition) is 5. The van der Waals surface area contributed by atoms with E-state index >= 15 is 0 Å². The van der Waals surface area contributed by atoms with Gasteiger partial charge in [0.25, 0.3) is 11.5 Å². The molecule has 1 fully saturated rings. The molecule has 1 aromatic heterocycles. The molecule has 0 spiro atoms. The molecular formula is C24H33N3O4. The van der Waals surface area contributed by atoms with E-state index in [2.05, 4.69) is 38.3 Å². The number of nitrogens with one attached hydrogen (secondary N) is 2. The molecule has 0 radical (unpaired) electrons. The van der Waals surface area contributed by atoms with Gasteiger partial charge in [-0.05, 0) is 71.6 Å². The van der Waals surface area contributed by atoms with Gasteiger partial charge in [-0.15, -0.1) is 0 Å². The van der Waals surface area contributed by atoms with Crippen molar-refractivity contribution in [3.8, 4) is 11.5 Å². The lowest BCUT2D eigenvalue weighted by Gasteiger charge is -2.46. The van der Waals surface area contributed by atoms with Gasteiger partial charge in [0, 0.05) is 29.1 Å². The van der Waals surface area contributed by atoms with Gasteiger partial charge in [0.05, 0.1) is 19.2 Å². The van der Waals surface area contributed by atoms with Crippen molar-refractivity contribution in [1.29, 1.82) is 0 Å². The number of pyridine rings is 1. The van der Waals surface area contributed by atoms with Gasteiger partial charge in [-0.2, -0.15) is 0 Å². The monoisotopic (exact) mass is 427 g/mol. The van der Waals surface area contributed by atoms with Crippen molar-refractivity contribution in [3.05, 3.63) is 34.1 Å². The van der Waals surface area contributed by atoms with E-state index in [0.29, 0.717) is 30.2 Å². The van der Waals surface area contributed by atoms with E-state index < -0.39 is 0 Å². The molecule has 31 heavy (non-hydrogen) atoms. The first-order valence-electron chi connectivity index (χ1n) is 11.1. The SMILES string of the molecule is COc1ccc2cc(C(=O)NC3CC(C)(C)NC(C)(C)C3)c(=O)n3c2c1OCCCC3. The van der Waals surface area contributed by atoms with Gasteiger partial charge < -0.3 is 24.7 Å². The summed E-state index contributed by atoms with van der Waals surface area (Å²) in [7, 11) is 1.59. The van der Waals surface area contributed by atoms with Crippen molar-refractivity contribution < 1.29 is 14.3 Å². The number of carbonyl (C=O) groups is 1. The number of hydrogen-bond donors (Lipinski definition) is 2. The zero-order valence-electron chi connectivity index (χ0n) is 19.1. The first kappa shape index (κ1) is 21.7. The smallest absolute Gasteiger partial charge is 0.264 e. The summed E-state index contributed by atoms with van der Waals surface area (Å²) in [4.78, 5) is 26.6. The van der Waals surface area contributed by atoms with E-state index in [1.807, 2.05) is 12.1 Å². The lowest BCUT2D eigenvalue weighted by atomic mass is 9.79. The highest BCUT2D eigenvalue weighted by atomic mass is 16.5. The Hall–Kier alpha value is -2.54. The summed E-state index contributed by atoms with van der Waals surface area (Å²) in [5, 5.41) is 7.56. The van der Waals surface area contributed by atoms with Crippen LogP contribution in [0.4, 0.5) is 0 Å². The van der Waals surface area contributed by atoms with Gasteiger partial charge in [-0.3, -0.25) is 9.59 Å². The maximum atomic E-state index is 13.4. The average molecular weight is 428 g/mol. The number of carbonyl (C=O) groups excluding carboxylic acids is 1. The molecule has 0 bridgehead atoms. The maximum Gasteiger partial charge on any atom is 0.264 e. The lowest BCUT2D eigenvalue weighted by molar-refractivity contribution is 0.0871. The van der Waals surface area contributed by atoms with Gasteiger partial charge in [0.1, 0.15) is 5.56 Å². The van der Waals surface area contributed by atoms with Crippen LogP contribution in [0.25, 0.3) is 10.9 Å². The second kappa shape index (κ2) is 7.86. The predicted octanol–water partition coefficient (Wildman–Crippen LogP) is 3.22. The number of rotatable bonds is 3. The summed E-state index contributed by atoms with van der Waals surface area (Å²) in [5.74, 6) is 0.860. The normalized spacial score (nSPS) is 20.4. The van der Waals surface area contributed by atoms with E-state index in [1.54, 1.807) is 17.7 Å². The van der Waals surface area contributed by atoms with Gasteiger partial charge in [-0.25, -0.2) is 0 Å². The predicted molar refractivity (Wildman–Crippen MR) is 121 cm³/mol. The van der Waals surface area contributed by atoms with Crippen LogP contribution in [0.1, 0.15) is 63.7 Å². The highest BCUT2D eigenvalue weighted by Crippen LogP contribution is 2.36. The number of benzene rings is 1. The molecule has 4 rings (SSSR count). The molecule has 0 atom stereocenters. The minimum Gasteiger partial charge on any atom is -0.493 e. The molecule has 2 N–H and O–H groups in total. The number of amides is 1. The van der Waals surface area contributed by atoms with E-state index in [4.69, 9.17) is 9.47 Å². The maximum absolute atomic E-state index is 13.4. The summed E-state index contributed by atoms with van der Waals surface area (Å²) in [6.07, 6.45) is 3.26. The van der Waals surface area contributed by atoms with Crippen LogP contribution in [0.5, 0.6) is 11.5 Å². The molecule has 0 saturated carbocycles. The van der Waals surface area contributed by atoms with E-state index in [1.165, 1.54) is 0 Å². The molecular weight excluding hydrogens is 394 g/mol. The summed E-state index contributed by atoms with van der Waals surface area (Å²) in [6, 6.07) is 5.39. The van der Waals surface area contributed by atoms with Crippen LogP contribution in [0.2, 0.25) is 0 Å². The van der Waals surface area contributed by atoms with Crippen LogP contribution in [-0.2, 0) is 6.54 Å². The molecule has 7 nitrogen and oxygen atoms in total. The summed E-state index contributed by atoms with van der Waals surface area (Å²) in [5.41, 5.74) is 0.409. The van der Waals surface area contributed by atoms with Crippen molar-refractivity contribution in [2.75, 3.05) is 13.7 Å². The summed E-state index contributed by atoms with van der Waals surface area (Å²) in [6.45, 7) is 9.69. The van der Waals surface area contributed by atoms with Crippen molar-refractivity contribution in [3.63, 3.8) is 0 Å². The molecule has 2 aliphatic rings. The minimum atomic E-state index is -0.311. The Kier molecular flexibility index (Phi) is 5.50. The minimum absolute atomic E-state index is 0.00376. The first-order chi connectivity index (χ1) is 14.6. The quantitative estimate of drug-likeness (QED) is 0.786. The molecule has 3 heterocycles. The fourth-order valence-electron chi connectivity index (χ4n) is 5.34. The zero-order valence-corrected chi connectivity index (χ0v) is 19.1.